The number of aryl methyl sites for hydroxylation is 1. The molecular formula is C17H20N4O3. The Balaban J connectivity index is 1.82. The predicted octanol–water partition coefficient (Wildman–Crippen LogP) is 2.44. The van der Waals surface area contributed by atoms with E-state index in [1.165, 1.54) is 0 Å². The van der Waals surface area contributed by atoms with E-state index in [1.807, 2.05) is 32.0 Å². The van der Waals surface area contributed by atoms with Gasteiger partial charge in [-0.1, -0.05) is 0 Å². The Labute approximate surface area is 140 Å². The Kier molecular flexibility index (Phi) is 4.50. The summed E-state index contributed by atoms with van der Waals surface area (Å²) in [5, 5.41) is 6.00. The Morgan fingerprint density at radius 1 is 1.12 bits per heavy atom. The Hall–Kier alpha value is -2.83. The summed E-state index contributed by atoms with van der Waals surface area (Å²) in [5.41, 5.74) is 1.13. The van der Waals surface area contributed by atoms with Crippen LogP contribution in [-0.2, 0) is 0 Å². The van der Waals surface area contributed by atoms with Crippen LogP contribution in [0.3, 0.4) is 0 Å². The van der Waals surface area contributed by atoms with Gasteiger partial charge in [0.1, 0.15) is 30.5 Å². The van der Waals surface area contributed by atoms with Gasteiger partial charge in [0.05, 0.1) is 0 Å². The van der Waals surface area contributed by atoms with E-state index in [0.717, 1.165) is 11.4 Å². The molecule has 7 nitrogen and oxygen atoms in total. The lowest BCUT2D eigenvalue weighted by molar-refractivity contribution is 0.0937. The van der Waals surface area contributed by atoms with Crippen LogP contribution in [0.2, 0.25) is 0 Å². The molecule has 2 N–H and O–H groups in total. The van der Waals surface area contributed by atoms with Crippen molar-refractivity contribution in [2.75, 3.05) is 18.5 Å². The Morgan fingerprint density at radius 3 is 2.62 bits per heavy atom. The van der Waals surface area contributed by atoms with Crippen LogP contribution in [-0.4, -0.2) is 35.1 Å². The molecule has 1 aliphatic heterocycles. The summed E-state index contributed by atoms with van der Waals surface area (Å²) in [4.78, 5) is 20.7. The number of ether oxygens (including phenoxy) is 2. The smallest absolute Gasteiger partial charge is 0.270 e. The third kappa shape index (κ3) is 3.73. The van der Waals surface area contributed by atoms with Crippen molar-refractivity contribution in [3.8, 4) is 11.5 Å². The van der Waals surface area contributed by atoms with Crippen LogP contribution in [0.5, 0.6) is 11.5 Å². The van der Waals surface area contributed by atoms with Gasteiger partial charge in [-0.3, -0.25) is 4.79 Å². The number of anilines is 2. The van der Waals surface area contributed by atoms with Crippen LogP contribution in [0.4, 0.5) is 11.5 Å². The topological polar surface area (TPSA) is 85.4 Å². The van der Waals surface area contributed by atoms with Crippen molar-refractivity contribution in [1.82, 2.24) is 15.3 Å². The van der Waals surface area contributed by atoms with E-state index in [9.17, 15) is 4.79 Å². The molecule has 0 unspecified atom stereocenters. The van der Waals surface area contributed by atoms with Gasteiger partial charge in [-0.05, 0) is 32.9 Å². The summed E-state index contributed by atoms with van der Waals surface area (Å²) in [6.07, 6.45) is 0. The van der Waals surface area contributed by atoms with Gasteiger partial charge in [0.25, 0.3) is 5.91 Å². The number of fused-ring (bicyclic) bond motifs is 1. The number of rotatable bonds is 4. The molecule has 0 saturated heterocycles. The average Bonchev–Trinajstić information content (AvgIpc) is 2.53. The minimum atomic E-state index is -0.222. The van der Waals surface area contributed by atoms with E-state index in [4.69, 9.17) is 9.47 Å². The van der Waals surface area contributed by atoms with Gasteiger partial charge in [0.2, 0.25) is 0 Å². The van der Waals surface area contributed by atoms with E-state index < -0.39 is 0 Å². The first-order valence-corrected chi connectivity index (χ1v) is 7.84. The van der Waals surface area contributed by atoms with Crippen LogP contribution < -0.4 is 20.1 Å². The lowest BCUT2D eigenvalue weighted by Gasteiger charge is -2.19. The predicted molar refractivity (Wildman–Crippen MR) is 90.1 cm³/mol. The Bertz CT molecular complexity index is 761. The summed E-state index contributed by atoms with van der Waals surface area (Å²) in [5.74, 6) is 2.26. The molecule has 1 aromatic heterocycles. The normalized spacial score (nSPS) is 12.8. The van der Waals surface area contributed by atoms with Crippen molar-refractivity contribution >= 4 is 17.4 Å². The maximum Gasteiger partial charge on any atom is 0.270 e. The number of carbonyl (C=O) groups excluding carboxylic acids is 1. The molecule has 24 heavy (non-hydrogen) atoms. The fourth-order valence-corrected chi connectivity index (χ4v) is 2.35. The molecule has 0 spiro atoms. The molecular weight excluding hydrogens is 308 g/mol. The van der Waals surface area contributed by atoms with Crippen molar-refractivity contribution < 1.29 is 14.3 Å². The third-order valence-electron chi connectivity index (χ3n) is 3.30. The lowest BCUT2D eigenvalue weighted by Crippen LogP contribution is -2.31. The van der Waals surface area contributed by atoms with Gasteiger partial charge in [0, 0.05) is 23.9 Å². The summed E-state index contributed by atoms with van der Waals surface area (Å²) < 4.78 is 11.1. The van der Waals surface area contributed by atoms with Crippen molar-refractivity contribution in [3.63, 3.8) is 0 Å². The largest absolute Gasteiger partial charge is 0.486 e. The number of nitrogens with one attached hydrogen (secondary N) is 2. The zero-order valence-electron chi connectivity index (χ0n) is 13.9. The van der Waals surface area contributed by atoms with Crippen LogP contribution in [0, 0.1) is 6.92 Å². The molecule has 0 aliphatic carbocycles. The SMILES string of the molecule is Cc1nc(Nc2ccc3c(c2)OCCO3)cc(C(=O)NC(C)C)n1. The fraction of sp³-hybridized carbons (Fsp3) is 0.353. The molecule has 0 fully saturated rings. The van der Waals surface area contributed by atoms with Gasteiger partial charge in [-0.2, -0.15) is 0 Å². The first-order chi connectivity index (χ1) is 11.5. The highest BCUT2D eigenvalue weighted by Crippen LogP contribution is 2.33. The maximum absolute atomic E-state index is 12.1. The molecule has 2 heterocycles. The standard InChI is InChI=1S/C17H20N4O3/c1-10(2)18-17(22)13-9-16(20-11(3)19-13)21-12-4-5-14-15(8-12)24-7-6-23-14/h4-5,8-10H,6-7H2,1-3H3,(H,18,22)(H,19,20,21). The lowest BCUT2D eigenvalue weighted by atomic mass is 10.2. The van der Waals surface area contributed by atoms with E-state index >= 15 is 0 Å². The maximum atomic E-state index is 12.1. The molecule has 3 rings (SSSR count). The van der Waals surface area contributed by atoms with Gasteiger partial charge < -0.3 is 20.1 Å². The molecule has 1 aliphatic rings. The Morgan fingerprint density at radius 2 is 1.88 bits per heavy atom. The second kappa shape index (κ2) is 6.74. The average molecular weight is 328 g/mol. The first-order valence-electron chi connectivity index (χ1n) is 7.84. The van der Waals surface area contributed by atoms with Gasteiger partial charge >= 0.3 is 0 Å². The number of carbonyl (C=O) groups is 1. The second-order valence-electron chi connectivity index (χ2n) is 5.80. The van der Waals surface area contributed by atoms with Crippen LogP contribution >= 0.6 is 0 Å². The number of hydrogen-bond donors (Lipinski definition) is 2. The monoisotopic (exact) mass is 328 g/mol. The summed E-state index contributed by atoms with van der Waals surface area (Å²) >= 11 is 0. The molecule has 126 valence electrons. The summed E-state index contributed by atoms with van der Waals surface area (Å²) in [6, 6.07) is 7.24. The highest BCUT2D eigenvalue weighted by Gasteiger charge is 2.14. The molecule has 7 heteroatoms. The van der Waals surface area contributed by atoms with Gasteiger partial charge in [-0.25, -0.2) is 9.97 Å². The number of aromatic nitrogens is 2. The minimum absolute atomic E-state index is 0.0435. The fourth-order valence-electron chi connectivity index (χ4n) is 2.35. The summed E-state index contributed by atoms with van der Waals surface area (Å²) in [6.45, 7) is 6.64. The second-order valence-corrected chi connectivity index (χ2v) is 5.80. The number of amides is 1. The van der Waals surface area contributed by atoms with Crippen molar-refractivity contribution in [3.05, 3.63) is 35.8 Å². The van der Waals surface area contributed by atoms with Gasteiger partial charge in [-0.15, -0.1) is 0 Å². The van der Waals surface area contributed by atoms with E-state index in [1.54, 1.807) is 13.0 Å². The van der Waals surface area contributed by atoms with Crippen molar-refractivity contribution in [2.45, 2.75) is 26.8 Å². The minimum Gasteiger partial charge on any atom is -0.486 e. The highest BCUT2D eigenvalue weighted by atomic mass is 16.6. The van der Waals surface area contributed by atoms with E-state index in [2.05, 4.69) is 20.6 Å². The van der Waals surface area contributed by atoms with Crippen LogP contribution in [0.25, 0.3) is 0 Å². The number of nitrogens with zero attached hydrogens (tertiary/aromatic N) is 2. The summed E-state index contributed by atoms with van der Waals surface area (Å²) in [7, 11) is 0. The highest BCUT2D eigenvalue weighted by molar-refractivity contribution is 5.93. The zero-order valence-corrected chi connectivity index (χ0v) is 13.9. The number of hydrogen-bond acceptors (Lipinski definition) is 6. The first kappa shape index (κ1) is 16.0. The quantitative estimate of drug-likeness (QED) is 0.896. The van der Waals surface area contributed by atoms with E-state index in [-0.39, 0.29) is 11.9 Å². The van der Waals surface area contributed by atoms with E-state index in [0.29, 0.717) is 36.3 Å². The molecule has 1 amide bonds. The van der Waals surface area contributed by atoms with Crippen LogP contribution in [0.1, 0.15) is 30.2 Å². The van der Waals surface area contributed by atoms with Gasteiger partial charge in [0.15, 0.2) is 11.5 Å². The molecule has 1 aromatic carbocycles. The molecule has 0 bridgehead atoms. The molecule has 0 radical (unpaired) electrons. The molecule has 0 atom stereocenters. The third-order valence-corrected chi connectivity index (χ3v) is 3.30. The van der Waals surface area contributed by atoms with Crippen molar-refractivity contribution in [2.24, 2.45) is 0 Å². The number of benzene rings is 1. The van der Waals surface area contributed by atoms with Crippen LogP contribution in [0.15, 0.2) is 24.3 Å². The zero-order chi connectivity index (χ0) is 17.1. The van der Waals surface area contributed by atoms with Crippen molar-refractivity contribution in [1.29, 1.82) is 0 Å². The molecule has 2 aromatic rings. The molecule has 0 saturated carbocycles.